The highest BCUT2D eigenvalue weighted by atomic mass is 19.4. The SMILES string of the molecule is CC(C)N1CCN(C(=O)O[C@H]2CCN(c3ccc(C(F)(F)F)cn3)C2)CC1. The van der Waals surface area contributed by atoms with Crippen molar-refractivity contribution in [2.24, 2.45) is 0 Å². The number of nitrogens with zero attached hydrogens (tertiary/aromatic N) is 4. The van der Waals surface area contributed by atoms with Crippen molar-refractivity contribution >= 4 is 11.9 Å². The number of carbonyl (C=O) groups is 1. The van der Waals surface area contributed by atoms with E-state index in [-0.39, 0.29) is 12.2 Å². The highest BCUT2D eigenvalue weighted by molar-refractivity contribution is 5.68. The van der Waals surface area contributed by atoms with Gasteiger partial charge < -0.3 is 14.5 Å². The highest BCUT2D eigenvalue weighted by Crippen LogP contribution is 2.30. The van der Waals surface area contributed by atoms with E-state index < -0.39 is 11.7 Å². The van der Waals surface area contributed by atoms with Gasteiger partial charge in [-0.1, -0.05) is 0 Å². The smallest absolute Gasteiger partial charge is 0.417 e. The van der Waals surface area contributed by atoms with Crippen LogP contribution in [0.2, 0.25) is 0 Å². The van der Waals surface area contributed by atoms with Gasteiger partial charge in [-0.15, -0.1) is 0 Å². The van der Waals surface area contributed by atoms with Crippen LogP contribution in [0, 0.1) is 0 Å². The molecule has 1 atom stereocenters. The van der Waals surface area contributed by atoms with Crippen LogP contribution in [0.3, 0.4) is 0 Å². The first-order valence-electron chi connectivity index (χ1n) is 9.22. The predicted molar refractivity (Wildman–Crippen MR) is 94.6 cm³/mol. The minimum Gasteiger partial charge on any atom is -0.444 e. The van der Waals surface area contributed by atoms with E-state index in [9.17, 15) is 18.0 Å². The Morgan fingerprint density at radius 1 is 1.19 bits per heavy atom. The van der Waals surface area contributed by atoms with Crippen molar-refractivity contribution in [1.82, 2.24) is 14.8 Å². The summed E-state index contributed by atoms with van der Waals surface area (Å²) in [6, 6.07) is 2.84. The van der Waals surface area contributed by atoms with Gasteiger partial charge in [0.25, 0.3) is 0 Å². The number of ether oxygens (including phenoxy) is 1. The summed E-state index contributed by atoms with van der Waals surface area (Å²) in [6.45, 7) is 8.26. The molecule has 0 N–H and O–H groups in total. The molecule has 0 spiro atoms. The minimum absolute atomic E-state index is 0.273. The minimum atomic E-state index is -4.39. The van der Waals surface area contributed by atoms with Gasteiger partial charge in [-0.3, -0.25) is 4.90 Å². The van der Waals surface area contributed by atoms with Crippen LogP contribution in [-0.2, 0) is 10.9 Å². The van der Waals surface area contributed by atoms with E-state index in [0.717, 1.165) is 25.4 Å². The van der Waals surface area contributed by atoms with E-state index in [1.54, 1.807) is 4.90 Å². The number of anilines is 1. The maximum absolute atomic E-state index is 12.6. The molecule has 0 radical (unpaired) electrons. The lowest BCUT2D eigenvalue weighted by Crippen LogP contribution is -2.51. The standard InChI is InChI=1S/C18H25F3N4O2/c1-13(2)23-7-9-24(10-8-23)17(26)27-15-5-6-25(12-15)16-4-3-14(11-22-16)18(19,20)21/h3-4,11,13,15H,5-10,12H2,1-2H3/t15-/m0/s1. The zero-order valence-electron chi connectivity index (χ0n) is 15.6. The Morgan fingerprint density at radius 2 is 1.89 bits per heavy atom. The molecule has 6 nitrogen and oxygen atoms in total. The Hall–Kier alpha value is -2.03. The molecule has 3 heterocycles. The third kappa shape index (κ3) is 4.82. The van der Waals surface area contributed by atoms with Crippen LogP contribution in [0.15, 0.2) is 18.3 Å². The molecular formula is C18H25F3N4O2. The number of amides is 1. The Kier molecular flexibility index (Phi) is 5.78. The van der Waals surface area contributed by atoms with Crippen LogP contribution < -0.4 is 4.90 Å². The van der Waals surface area contributed by atoms with E-state index in [2.05, 4.69) is 23.7 Å². The molecule has 2 aliphatic heterocycles. The van der Waals surface area contributed by atoms with Crippen LogP contribution in [0.4, 0.5) is 23.8 Å². The summed E-state index contributed by atoms with van der Waals surface area (Å²) in [4.78, 5) is 22.1. The van der Waals surface area contributed by atoms with Gasteiger partial charge in [0.05, 0.1) is 12.1 Å². The van der Waals surface area contributed by atoms with E-state index in [1.807, 2.05) is 4.90 Å². The normalized spacial score (nSPS) is 21.8. The largest absolute Gasteiger partial charge is 0.444 e. The number of alkyl halides is 3. The van der Waals surface area contributed by atoms with Gasteiger partial charge in [0.15, 0.2) is 0 Å². The van der Waals surface area contributed by atoms with Crippen molar-refractivity contribution in [1.29, 1.82) is 0 Å². The average Bonchev–Trinajstić information content (AvgIpc) is 3.09. The fourth-order valence-electron chi connectivity index (χ4n) is 3.41. The summed E-state index contributed by atoms with van der Waals surface area (Å²) in [6.07, 6.45) is -3.51. The first kappa shape index (κ1) is 19.7. The first-order chi connectivity index (χ1) is 12.7. The van der Waals surface area contributed by atoms with Crippen LogP contribution in [0.5, 0.6) is 0 Å². The van der Waals surface area contributed by atoms with Crippen molar-refractivity contribution in [3.8, 4) is 0 Å². The van der Waals surface area contributed by atoms with Crippen LogP contribution in [0.25, 0.3) is 0 Å². The number of rotatable bonds is 3. The molecule has 1 amide bonds. The molecule has 2 saturated heterocycles. The molecule has 150 valence electrons. The zero-order valence-corrected chi connectivity index (χ0v) is 15.6. The fourth-order valence-corrected chi connectivity index (χ4v) is 3.41. The summed E-state index contributed by atoms with van der Waals surface area (Å²) in [7, 11) is 0. The molecular weight excluding hydrogens is 361 g/mol. The fraction of sp³-hybridized carbons (Fsp3) is 0.667. The lowest BCUT2D eigenvalue weighted by atomic mass is 10.2. The Labute approximate surface area is 156 Å². The maximum atomic E-state index is 12.6. The number of hydrogen-bond acceptors (Lipinski definition) is 5. The van der Waals surface area contributed by atoms with Gasteiger partial charge in [-0.2, -0.15) is 13.2 Å². The summed E-state index contributed by atoms with van der Waals surface area (Å²) < 4.78 is 43.5. The molecule has 3 rings (SSSR count). The number of piperazine rings is 1. The van der Waals surface area contributed by atoms with Gasteiger partial charge in [0, 0.05) is 51.4 Å². The summed E-state index contributed by atoms with van der Waals surface area (Å²) >= 11 is 0. The molecule has 0 aliphatic carbocycles. The molecule has 27 heavy (non-hydrogen) atoms. The van der Waals surface area contributed by atoms with Crippen LogP contribution in [0.1, 0.15) is 25.8 Å². The molecule has 2 aliphatic rings. The van der Waals surface area contributed by atoms with Crippen LogP contribution >= 0.6 is 0 Å². The lowest BCUT2D eigenvalue weighted by Gasteiger charge is -2.36. The highest BCUT2D eigenvalue weighted by Gasteiger charge is 2.32. The monoisotopic (exact) mass is 386 g/mol. The molecule has 2 fully saturated rings. The molecule has 0 unspecified atom stereocenters. The van der Waals surface area contributed by atoms with E-state index in [1.165, 1.54) is 6.07 Å². The lowest BCUT2D eigenvalue weighted by molar-refractivity contribution is -0.137. The number of hydrogen-bond donors (Lipinski definition) is 0. The number of carbonyl (C=O) groups excluding carboxylic acids is 1. The van der Waals surface area contributed by atoms with Crippen molar-refractivity contribution in [2.75, 3.05) is 44.2 Å². The molecule has 0 saturated carbocycles. The van der Waals surface area contributed by atoms with Gasteiger partial charge in [0.1, 0.15) is 11.9 Å². The molecule has 1 aromatic heterocycles. The van der Waals surface area contributed by atoms with Crippen molar-refractivity contribution in [3.63, 3.8) is 0 Å². The van der Waals surface area contributed by atoms with Gasteiger partial charge >= 0.3 is 12.3 Å². The molecule has 9 heteroatoms. The number of pyridine rings is 1. The Bertz CT molecular complexity index is 643. The third-order valence-corrected chi connectivity index (χ3v) is 5.11. The first-order valence-corrected chi connectivity index (χ1v) is 9.22. The second-order valence-electron chi connectivity index (χ2n) is 7.26. The average molecular weight is 386 g/mol. The van der Waals surface area contributed by atoms with E-state index in [4.69, 9.17) is 4.74 Å². The summed E-state index contributed by atoms with van der Waals surface area (Å²) in [5.74, 6) is 0.465. The van der Waals surface area contributed by atoms with E-state index >= 15 is 0 Å². The molecule has 0 aromatic carbocycles. The Balaban J connectivity index is 1.49. The van der Waals surface area contributed by atoms with Crippen molar-refractivity contribution in [3.05, 3.63) is 23.9 Å². The third-order valence-electron chi connectivity index (χ3n) is 5.11. The van der Waals surface area contributed by atoms with Crippen LogP contribution in [-0.4, -0.2) is 72.3 Å². The number of halogens is 3. The maximum Gasteiger partial charge on any atom is 0.417 e. The van der Waals surface area contributed by atoms with Gasteiger partial charge in [-0.05, 0) is 26.0 Å². The van der Waals surface area contributed by atoms with Crippen molar-refractivity contribution in [2.45, 2.75) is 38.6 Å². The second-order valence-corrected chi connectivity index (χ2v) is 7.26. The topological polar surface area (TPSA) is 48.9 Å². The summed E-state index contributed by atoms with van der Waals surface area (Å²) in [5.41, 5.74) is -0.769. The predicted octanol–water partition coefficient (Wildman–Crippen LogP) is 2.84. The van der Waals surface area contributed by atoms with Crippen molar-refractivity contribution < 1.29 is 22.7 Å². The summed E-state index contributed by atoms with van der Waals surface area (Å²) in [5, 5.41) is 0. The molecule has 1 aromatic rings. The van der Waals surface area contributed by atoms with Gasteiger partial charge in [-0.25, -0.2) is 9.78 Å². The second kappa shape index (κ2) is 7.92. The number of aromatic nitrogens is 1. The quantitative estimate of drug-likeness (QED) is 0.800. The van der Waals surface area contributed by atoms with E-state index in [0.29, 0.717) is 44.5 Å². The molecule has 0 bridgehead atoms. The zero-order chi connectivity index (χ0) is 19.6. The Morgan fingerprint density at radius 3 is 2.44 bits per heavy atom. The van der Waals surface area contributed by atoms with Gasteiger partial charge in [0.2, 0.25) is 0 Å².